The van der Waals surface area contributed by atoms with E-state index < -0.39 is 0 Å². The maximum Gasteiger partial charge on any atom is 0.248 e. The molecule has 0 saturated carbocycles. The second kappa shape index (κ2) is 7.59. The predicted molar refractivity (Wildman–Crippen MR) is 72.8 cm³/mol. The van der Waals surface area contributed by atoms with Crippen molar-refractivity contribution in [2.45, 2.75) is 6.54 Å². The lowest BCUT2D eigenvalue weighted by Crippen LogP contribution is -2.30. The minimum Gasteiger partial charge on any atom is -0.370 e. The number of hydrogen-bond acceptors (Lipinski definition) is 3. The van der Waals surface area contributed by atoms with Crippen molar-refractivity contribution in [1.82, 2.24) is 4.90 Å². The Hall–Kier alpha value is -0.810. The molecular weight excluding hydrogens is 275 g/mol. The molecule has 4 nitrogen and oxygen atoms in total. The van der Waals surface area contributed by atoms with Gasteiger partial charge in [0.2, 0.25) is 5.91 Å². The topological polar surface area (TPSA) is 55.6 Å². The van der Waals surface area contributed by atoms with Crippen LogP contribution in [0.2, 0.25) is 10.0 Å². The molecule has 0 unspecified atom stereocenters. The minimum absolute atomic E-state index is 0.0197. The third-order valence-corrected chi connectivity index (χ3v) is 3.21. The summed E-state index contributed by atoms with van der Waals surface area (Å²) in [5.74, 6) is -0.125. The van der Waals surface area contributed by atoms with Gasteiger partial charge in [-0.15, -0.1) is 0 Å². The summed E-state index contributed by atoms with van der Waals surface area (Å²) in [6.07, 6.45) is 0. The molecule has 100 valence electrons. The van der Waals surface area contributed by atoms with Crippen LogP contribution in [-0.2, 0) is 16.1 Å². The molecule has 0 fully saturated rings. The lowest BCUT2D eigenvalue weighted by atomic mass is 10.2. The van der Waals surface area contributed by atoms with Gasteiger partial charge in [0.15, 0.2) is 0 Å². The Morgan fingerprint density at radius 1 is 1.44 bits per heavy atom. The first kappa shape index (κ1) is 15.2. The number of carbonyl (C=O) groups excluding carboxylic acids is 1. The molecular formula is C12H16Cl2N2O2. The average Bonchev–Trinajstić information content (AvgIpc) is 2.35. The van der Waals surface area contributed by atoms with E-state index in [1.165, 1.54) is 4.90 Å². The summed E-state index contributed by atoms with van der Waals surface area (Å²) >= 11 is 12.0. The highest BCUT2D eigenvalue weighted by Gasteiger charge is 2.12. The third kappa shape index (κ3) is 4.46. The highest BCUT2D eigenvalue weighted by molar-refractivity contribution is 6.42. The fourth-order valence-electron chi connectivity index (χ4n) is 1.37. The number of amides is 1. The number of carbonyl (C=O) groups is 1. The fourth-order valence-corrected chi connectivity index (χ4v) is 1.75. The molecule has 2 N–H and O–H groups in total. The van der Waals surface area contributed by atoms with Gasteiger partial charge in [0, 0.05) is 20.1 Å². The van der Waals surface area contributed by atoms with Gasteiger partial charge in [0.25, 0.3) is 0 Å². The molecule has 0 aliphatic rings. The number of rotatable bonds is 6. The van der Waals surface area contributed by atoms with Gasteiger partial charge in [0.1, 0.15) is 6.61 Å². The molecule has 6 heteroatoms. The highest BCUT2D eigenvalue weighted by Crippen LogP contribution is 2.26. The van der Waals surface area contributed by atoms with Crippen molar-refractivity contribution in [2.75, 3.05) is 26.8 Å². The average molecular weight is 291 g/mol. The van der Waals surface area contributed by atoms with Gasteiger partial charge in [0.05, 0.1) is 16.7 Å². The number of nitrogens with zero attached hydrogens (tertiary/aromatic N) is 1. The summed E-state index contributed by atoms with van der Waals surface area (Å²) in [4.78, 5) is 13.2. The summed E-state index contributed by atoms with van der Waals surface area (Å²) in [5, 5.41) is 0.955. The zero-order valence-electron chi connectivity index (χ0n) is 10.2. The first-order valence-electron chi connectivity index (χ1n) is 5.51. The van der Waals surface area contributed by atoms with Crippen LogP contribution in [0.15, 0.2) is 18.2 Å². The number of benzene rings is 1. The Bertz CT molecular complexity index is 413. The molecule has 1 aromatic carbocycles. The van der Waals surface area contributed by atoms with E-state index in [1.54, 1.807) is 19.2 Å². The van der Waals surface area contributed by atoms with Crippen LogP contribution < -0.4 is 5.73 Å². The molecule has 0 bridgehead atoms. The number of halogens is 2. The molecule has 0 spiro atoms. The maximum atomic E-state index is 11.7. The Balaban J connectivity index is 2.56. The molecule has 0 aliphatic heterocycles. The van der Waals surface area contributed by atoms with E-state index in [0.29, 0.717) is 29.7 Å². The van der Waals surface area contributed by atoms with Crippen molar-refractivity contribution < 1.29 is 9.53 Å². The van der Waals surface area contributed by atoms with Gasteiger partial charge in [-0.3, -0.25) is 4.79 Å². The van der Waals surface area contributed by atoms with Gasteiger partial charge in [-0.25, -0.2) is 0 Å². The second-order valence-corrected chi connectivity index (χ2v) is 4.59. The number of ether oxygens (including phenoxy) is 1. The molecule has 0 radical (unpaired) electrons. The van der Waals surface area contributed by atoms with E-state index in [0.717, 1.165) is 5.56 Å². The van der Waals surface area contributed by atoms with Crippen LogP contribution in [0, 0.1) is 0 Å². The predicted octanol–water partition coefficient (Wildman–Crippen LogP) is 1.93. The summed E-state index contributed by atoms with van der Waals surface area (Å²) in [5.41, 5.74) is 6.07. The number of nitrogens with two attached hydrogens (primary N) is 1. The molecule has 1 rings (SSSR count). The Morgan fingerprint density at radius 2 is 2.17 bits per heavy atom. The van der Waals surface area contributed by atoms with Crippen LogP contribution in [0.1, 0.15) is 5.56 Å². The zero-order valence-corrected chi connectivity index (χ0v) is 11.7. The molecule has 1 amide bonds. The highest BCUT2D eigenvalue weighted by atomic mass is 35.5. The first-order chi connectivity index (χ1) is 8.56. The van der Waals surface area contributed by atoms with Crippen molar-refractivity contribution in [3.05, 3.63) is 33.8 Å². The van der Waals surface area contributed by atoms with Crippen molar-refractivity contribution in [1.29, 1.82) is 0 Å². The van der Waals surface area contributed by atoms with Crippen LogP contribution in [0.3, 0.4) is 0 Å². The molecule has 0 aliphatic carbocycles. The van der Waals surface area contributed by atoms with E-state index in [2.05, 4.69) is 0 Å². The van der Waals surface area contributed by atoms with Crippen LogP contribution in [0.5, 0.6) is 0 Å². The zero-order chi connectivity index (χ0) is 13.5. The van der Waals surface area contributed by atoms with Crippen molar-refractivity contribution in [3.8, 4) is 0 Å². The van der Waals surface area contributed by atoms with Crippen molar-refractivity contribution in [3.63, 3.8) is 0 Å². The quantitative estimate of drug-likeness (QED) is 0.815. The van der Waals surface area contributed by atoms with E-state index in [9.17, 15) is 4.79 Å². The standard InChI is InChI=1S/C12H16Cl2N2O2/c1-16(11(17)8-18-6-5-15)7-9-3-2-4-10(13)12(9)14/h2-4H,5-8,15H2,1H3. The molecule has 1 aromatic rings. The van der Waals surface area contributed by atoms with Crippen LogP contribution in [0.4, 0.5) is 0 Å². The van der Waals surface area contributed by atoms with Gasteiger partial charge in [-0.2, -0.15) is 0 Å². The molecule has 18 heavy (non-hydrogen) atoms. The van der Waals surface area contributed by atoms with Gasteiger partial charge >= 0.3 is 0 Å². The smallest absolute Gasteiger partial charge is 0.248 e. The summed E-state index contributed by atoms with van der Waals surface area (Å²) in [7, 11) is 1.69. The number of hydrogen-bond donors (Lipinski definition) is 1. The Kier molecular flexibility index (Phi) is 6.43. The molecule has 0 aromatic heterocycles. The van der Waals surface area contributed by atoms with E-state index >= 15 is 0 Å². The van der Waals surface area contributed by atoms with Crippen molar-refractivity contribution >= 4 is 29.1 Å². The normalized spacial score (nSPS) is 10.4. The van der Waals surface area contributed by atoms with Gasteiger partial charge < -0.3 is 15.4 Å². The van der Waals surface area contributed by atoms with E-state index in [1.807, 2.05) is 6.07 Å². The van der Waals surface area contributed by atoms with Gasteiger partial charge in [-0.05, 0) is 11.6 Å². The van der Waals surface area contributed by atoms with E-state index in [-0.39, 0.29) is 12.5 Å². The van der Waals surface area contributed by atoms with Crippen LogP contribution in [-0.4, -0.2) is 37.6 Å². The van der Waals surface area contributed by atoms with Crippen molar-refractivity contribution in [2.24, 2.45) is 5.73 Å². The Labute approximate surface area is 117 Å². The minimum atomic E-state index is -0.125. The number of likely N-dealkylation sites (N-methyl/N-ethyl adjacent to an activating group) is 1. The second-order valence-electron chi connectivity index (χ2n) is 3.80. The third-order valence-electron chi connectivity index (χ3n) is 2.35. The summed E-state index contributed by atoms with van der Waals surface area (Å²) in [6.45, 7) is 1.19. The van der Waals surface area contributed by atoms with Crippen LogP contribution >= 0.6 is 23.2 Å². The summed E-state index contributed by atoms with van der Waals surface area (Å²) in [6, 6.07) is 5.34. The van der Waals surface area contributed by atoms with Gasteiger partial charge in [-0.1, -0.05) is 35.3 Å². The molecule has 0 heterocycles. The largest absolute Gasteiger partial charge is 0.370 e. The molecule has 0 saturated heterocycles. The lowest BCUT2D eigenvalue weighted by Gasteiger charge is -2.18. The van der Waals surface area contributed by atoms with E-state index in [4.69, 9.17) is 33.7 Å². The lowest BCUT2D eigenvalue weighted by molar-refractivity contribution is -0.135. The fraction of sp³-hybridized carbons (Fsp3) is 0.417. The Morgan fingerprint density at radius 3 is 2.83 bits per heavy atom. The SMILES string of the molecule is CN(Cc1cccc(Cl)c1Cl)C(=O)COCCN. The summed E-state index contributed by atoms with van der Waals surface area (Å²) < 4.78 is 5.08. The first-order valence-corrected chi connectivity index (χ1v) is 6.26. The maximum absolute atomic E-state index is 11.7. The molecule has 0 atom stereocenters. The van der Waals surface area contributed by atoms with Crippen LogP contribution in [0.25, 0.3) is 0 Å². The monoisotopic (exact) mass is 290 g/mol.